The lowest BCUT2D eigenvalue weighted by atomic mass is 10.3. The van der Waals surface area contributed by atoms with Crippen molar-refractivity contribution >= 4 is 23.5 Å². The van der Waals surface area contributed by atoms with Crippen LogP contribution in [0.3, 0.4) is 0 Å². The predicted molar refractivity (Wildman–Crippen MR) is 79.7 cm³/mol. The van der Waals surface area contributed by atoms with Gasteiger partial charge in [0, 0.05) is 5.02 Å². The van der Waals surface area contributed by atoms with Crippen molar-refractivity contribution in [1.82, 2.24) is 10.2 Å². The number of aliphatic carboxylic acids is 1. The second kappa shape index (κ2) is 8.49. The summed E-state index contributed by atoms with van der Waals surface area (Å²) in [4.78, 5) is 23.8. The quantitative estimate of drug-likeness (QED) is 0.706. The molecule has 21 heavy (non-hydrogen) atoms. The van der Waals surface area contributed by atoms with E-state index >= 15 is 0 Å². The topological polar surface area (TPSA) is 78.9 Å². The molecule has 1 amide bonds. The minimum atomic E-state index is -0.963. The number of likely N-dealkylation sites (N-methyl/N-ethyl adjacent to an activating group) is 1. The molecule has 116 valence electrons. The fraction of sp³-hybridized carbons (Fsp3) is 0.429. The molecule has 0 aliphatic rings. The number of amides is 1. The fourth-order valence-corrected chi connectivity index (χ4v) is 1.70. The Morgan fingerprint density at radius 1 is 1.48 bits per heavy atom. The van der Waals surface area contributed by atoms with Crippen LogP contribution >= 0.6 is 11.6 Å². The molecule has 0 saturated heterocycles. The van der Waals surface area contributed by atoms with Crippen LogP contribution in [-0.4, -0.2) is 54.7 Å². The number of hydrogen-bond acceptors (Lipinski definition) is 4. The number of benzene rings is 1. The van der Waals surface area contributed by atoms with Gasteiger partial charge in [-0.05, 0) is 32.2 Å². The number of carboxylic acids is 1. The molecule has 0 radical (unpaired) electrons. The predicted octanol–water partition coefficient (Wildman–Crippen LogP) is 1.24. The second-order valence-corrected chi connectivity index (χ2v) is 5.02. The van der Waals surface area contributed by atoms with Crippen molar-refractivity contribution < 1.29 is 19.4 Å². The fourth-order valence-electron chi connectivity index (χ4n) is 1.52. The van der Waals surface area contributed by atoms with E-state index in [4.69, 9.17) is 21.4 Å². The number of hydrogen-bond donors (Lipinski definition) is 2. The van der Waals surface area contributed by atoms with Gasteiger partial charge in [-0.25, -0.2) is 0 Å². The number of nitrogens with one attached hydrogen (secondary N) is 1. The van der Waals surface area contributed by atoms with Crippen LogP contribution in [0.5, 0.6) is 5.75 Å². The van der Waals surface area contributed by atoms with E-state index < -0.39 is 12.0 Å². The van der Waals surface area contributed by atoms with Gasteiger partial charge in [-0.15, -0.1) is 0 Å². The third-order valence-electron chi connectivity index (χ3n) is 2.90. The van der Waals surface area contributed by atoms with Crippen molar-refractivity contribution in [3.63, 3.8) is 0 Å². The zero-order chi connectivity index (χ0) is 15.8. The highest BCUT2D eigenvalue weighted by Gasteiger charge is 2.18. The van der Waals surface area contributed by atoms with E-state index in [9.17, 15) is 9.59 Å². The summed E-state index contributed by atoms with van der Waals surface area (Å²) in [6.45, 7) is 2.19. The van der Waals surface area contributed by atoms with Gasteiger partial charge in [0.05, 0.1) is 13.1 Å². The number of rotatable bonds is 8. The largest absolute Gasteiger partial charge is 0.492 e. The first-order valence-corrected chi connectivity index (χ1v) is 6.86. The van der Waals surface area contributed by atoms with Crippen molar-refractivity contribution in [2.45, 2.75) is 13.0 Å². The Hall–Kier alpha value is -1.79. The zero-order valence-corrected chi connectivity index (χ0v) is 12.8. The van der Waals surface area contributed by atoms with Crippen molar-refractivity contribution in [1.29, 1.82) is 0 Å². The first-order chi connectivity index (χ1) is 9.90. The van der Waals surface area contributed by atoms with E-state index in [0.29, 0.717) is 23.9 Å². The molecule has 0 heterocycles. The highest BCUT2D eigenvalue weighted by Crippen LogP contribution is 2.16. The summed E-state index contributed by atoms with van der Waals surface area (Å²) in [6.07, 6.45) is 0. The molecule has 7 heteroatoms. The number of halogens is 1. The molecular formula is C14H19ClN2O4. The highest BCUT2D eigenvalue weighted by molar-refractivity contribution is 6.30. The van der Waals surface area contributed by atoms with Gasteiger partial charge < -0.3 is 15.2 Å². The Bertz CT molecular complexity index is 496. The average molecular weight is 315 g/mol. The summed E-state index contributed by atoms with van der Waals surface area (Å²) >= 11 is 5.82. The summed E-state index contributed by atoms with van der Waals surface area (Å²) in [5.41, 5.74) is 0. The van der Waals surface area contributed by atoms with Crippen molar-refractivity contribution in [3.05, 3.63) is 29.3 Å². The molecule has 1 aromatic carbocycles. The standard InChI is InChI=1S/C14H19ClN2O4/c1-10(14(19)20)17(2)9-13(18)16-6-7-21-12-5-3-4-11(15)8-12/h3-5,8,10H,6-7,9H2,1-2H3,(H,16,18)(H,19,20). The van der Waals surface area contributed by atoms with E-state index in [1.807, 2.05) is 0 Å². The molecule has 0 aromatic heterocycles. The van der Waals surface area contributed by atoms with Crippen LogP contribution in [0.1, 0.15) is 6.92 Å². The number of carbonyl (C=O) groups is 2. The smallest absolute Gasteiger partial charge is 0.320 e. The van der Waals surface area contributed by atoms with Crippen LogP contribution in [0.25, 0.3) is 0 Å². The lowest BCUT2D eigenvalue weighted by Gasteiger charge is -2.20. The molecule has 2 N–H and O–H groups in total. The highest BCUT2D eigenvalue weighted by atomic mass is 35.5. The average Bonchev–Trinajstić information content (AvgIpc) is 2.42. The summed E-state index contributed by atoms with van der Waals surface area (Å²) in [7, 11) is 1.58. The molecule has 0 bridgehead atoms. The molecule has 0 spiro atoms. The lowest BCUT2D eigenvalue weighted by molar-refractivity contribution is -0.142. The molecule has 0 aliphatic carbocycles. The lowest BCUT2D eigenvalue weighted by Crippen LogP contribution is -2.43. The molecule has 1 unspecified atom stereocenters. The van der Waals surface area contributed by atoms with Crippen LogP contribution in [0.15, 0.2) is 24.3 Å². The number of nitrogens with zero attached hydrogens (tertiary/aromatic N) is 1. The molecular weight excluding hydrogens is 296 g/mol. The summed E-state index contributed by atoms with van der Waals surface area (Å²) in [6, 6.07) is 6.27. The van der Waals surface area contributed by atoms with Crippen LogP contribution in [-0.2, 0) is 9.59 Å². The first kappa shape index (κ1) is 17.3. The van der Waals surface area contributed by atoms with Crippen LogP contribution < -0.4 is 10.1 Å². The Kier molecular flexibility index (Phi) is 6.98. The van der Waals surface area contributed by atoms with Gasteiger partial charge in [-0.2, -0.15) is 0 Å². The van der Waals surface area contributed by atoms with E-state index in [1.54, 1.807) is 31.3 Å². The summed E-state index contributed by atoms with van der Waals surface area (Å²) in [5.74, 6) is -0.580. The van der Waals surface area contributed by atoms with Gasteiger partial charge in [0.1, 0.15) is 18.4 Å². The third-order valence-corrected chi connectivity index (χ3v) is 3.14. The summed E-state index contributed by atoms with van der Waals surface area (Å²) in [5, 5.41) is 12.1. The zero-order valence-electron chi connectivity index (χ0n) is 12.0. The number of carboxylic acid groups (broad SMARTS) is 1. The maximum Gasteiger partial charge on any atom is 0.320 e. The van der Waals surface area contributed by atoms with Crippen LogP contribution in [0.2, 0.25) is 5.02 Å². The van der Waals surface area contributed by atoms with Gasteiger partial charge in [-0.3, -0.25) is 14.5 Å². The Labute approximate surface area is 128 Å². The maximum atomic E-state index is 11.6. The molecule has 6 nitrogen and oxygen atoms in total. The van der Waals surface area contributed by atoms with E-state index in [1.165, 1.54) is 11.8 Å². The Balaban J connectivity index is 2.23. The van der Waals surface area contributed by atoms with E-state index in [0.717, 1.165) is 0 Å². The van der Waals surface area contributed by atoms with Gasteiger partial charge in [-0.1, -0.05) is 17.7 Å². The van der Waals surface area contributed by atoms with Crippen molar-refractivity contribution in [2.24, 2.45) is 0 Å². The minimum absolute atomic E-state index is 0.0185. The normalized spacial score (nSPS) is 12.0. The second-order valence-electron chi connectivity index (χ2n) is 4.59. The van der Waals surface area contributed by atoms with Gasteiger partial charge in [0.25, 0.3) is 0 Å². The molecule has 1 atom stereocenters. The molecule has 0 fully saturated rings. The first-order valence-electron chi connectivity index (χ1n) is 6.48. The molecule has 1 rings (SSSR count). The van der Waals surface area contributed by atoms with Crippen molar-refractivity contribution in [2.75, 3.05) is 26.7 Å². The van der Waals surface area contributed by atoms with Gasteiger partial charge in [0.15, 0.2) is 0 Å². The number of ether oxygens (including phenoxy) is 1. The van der Waals surface area contributed by atoms with Gasteiger partial charge in [0.2, 0.25) is 5.91 Å². The Morgan fingerprint density at radius 3 is 2.81 bits per heavy atom. The molecule has 1 aromatic rings. The van der Waals surface area contributed by atoms with E-state index in [-0.39, 0.29) is 12.5 Å². The van der Waals surface area contributed by atoms with Crippen LogP contribution in [0, 0.1) is 0 Å². The summed E-state index contributed by atoms with van der Waals surface area (Å²) < 4.78 is 5.42. The van der Waals surface area contributed by atoms with Gasteiger partial charge >= 0.3 is 5.97 Å². The number of carbonyl (C=O) groups excluding carboxylic acids is 1. The SMILES string of the molecule is CC(C(=O)O)N(C)CC(=O)NCCOc1cccc(Cl)c1. The minimum Gasteiger partial charge on any atom is -0.492 e. The molecule has 0 saturated carbocycles. The monoisotopic (exact) mass is 314 g/mol. The Morgan fingerprint density at radius 2 is 2.19 bits per heavy atom. The maximum absolute atomic E-state index is 11.6. The van der Waals surface area contributed by atoms with E-state index in [2.05, 4.69) is 5.32 Å². The third kappa shape index (κ3) is 6.46. The molecule has 0 aliphatic heterocycles. The van der Waals surface area contributed by atoms with Crippen molar-refractivity contribution in [3.8, 4) is 5.75 Å². The van der Waals surface area contributed by atoms with Crippen LogP contribution in [0.4, 0.5) is 0 Å².